The van der Waals surface area contributed by atoms with E-state index in [1.807, 2.05) is 24.3 Å². The summed E-state index contributed by atoms with van der Waals surface area (Å²) in [5.41, 5.74) is 6.67. The Morgan fingerprint density at radius 2 is 0.461 bits per heavy atom. The molecule has 1 heterocycles. The summed E-state index contributed by atoms with van der Waals surface area (Å²) < 4.78 is 11.7. The van der Waals surface area contributed by atoms with E-state index in [0.717, 1.165) is 31.1 Å². The van der Waals surface area contributed by atoms with E-state index in [9.17, 15) is 0 Å². The second-order valence-electron chi connectivity index (χ2n) is 27.3. The molecule has 0 aromatic heterocycles. The Kier molecular flexibility index (Phi) is 2.83. The first kappa shape index (κ1) is 30.0. The van der Waals surface area contributed by atoms with Crippen molar-refractivity contribution in [3.8, 4) is 11.5 Å². The third-order valence-electron chi connectivity index (χ3n) is 26.6. The number of rotatable bonds is 9. The molecule has 0 saturated carbocycles. The van der Waals surface area contributed by atoms with Gasteiger partial charge in [-0.1, -0.05) is 12.8 Å². The second kappa shape index (κ2) is 7.17. The predicted molar refractivity (Wildman–Crippen MR) is 318 cm³/mol. The molecule has 2 spiro atoms. The molecule has 5 aliphatic rings. The molecule has 29 aromatic carbocycles. The van der Waals surface area contributed by atoms with Gasteiger partial charge in [-0.15, -0.1) is 0 Å². The summed E-state index contributed by atoms with van der Waals surface area (Å²) in [7, 11) is 1.73. The van der Waals surface area contributed by atoms with E-state index in [1.165, 1.54) is 19.3 Å². The van der Waals surface area contributed by atoms with E-state index < -0.39 is 0 Å². The van der Waals surface area contributed by atoms with Crippen molar-refractivity contribution >= 4 is 291 Å². The van der Waals surface area contributed by atoms with Gasteiger partial charge in [-0.05, 0) is 350 Å². The van der Waals surface area contributed by atoms with Crippen LogP contribution in [-0.2, 0) is 11.1 Å². The van der Waals surface area contributed by atoms with Crippen LogP contribution in [0.3, 0.4) is 0 Å². The normalized spacial score (nSPS) is 22.3. The molecule has 0 radical (unpaired) electrons. The van der Waals surface area contributed by atoms with Gasteiger partial charge in [-0.25, -0.2) is 0 Å². The van der Waals surface area contributed by atoms with E-state index in [0.29, 0.717) is 0 Å². The third kappa shape index (κ3) is 1.71. The van der Waals surface area contributed by atoms with Crippen LogP contribution in [0.2, 0.25) is 0 Å². The highest BCUT2D eigenvalue weighted by Crippen LogP contribution is 2.90. The Labute approximate surface area is 418 Å². The molecule has 76 heavy (non-hydrogen) atoms. The van der Waals surface area contributed by atoms with Gasteiger partial charge < -0.3 is 9.47 Å². The smallest absolute Gasteiger partial charge is 0.119 e. The maximum Gasteiger partial charge on any atom is 0.119 e. The second-order valence-corrected chi connectivity index (χ2v) is 27.3. The number of unbranched alkanes of at least 4 members (excludes halogenated alkanes) is 3. The lowest BCUT2D eigenvalue weighted by Gasteiger charge is -2.29. The maximum absolute atomic E-state index is 6.32. The lowest BCUT2D eigenvalue weighted by molar-refractivity contribution is 0.302. The summed E-state index contributed by atoms with van der Waals surface area (Å²) in [4.78, 5) is 3.26. The number of hydrogen-bond donors (Lipinski definition) is 0. The molecule has 1 aliphatic heterocycles. The van der Waals surface area contributed by atoms with Gasteiger partial charge in [0.05, 0.1) is 13.7 Å². The predicted octanol–water partition coefficient (Wildman–Crippen LogP) is 19.2. The monoisotopic (exact) mass is 941 g/mol. The number of nitrogens with zero attached hydrogens (tertiary/aromatic N) is 1. The molecule has 0 amide bonds. The van der Waals surface area contributed by atoms with Crippen LogP contribution in [-0.4, -0.2) is 25.2 Å². The maximum atomic E-state index is 6.32. The molecule has 1 saturated heterocycles. The number of methoxy groups -OCH3 is 1. The fourth-order valence-corrected chi connectivity index (χ4v) is 26.1. The Morgan fingerprint density at radius 3 is 0.750 bits per heavy atom. The van der Waals surface area contributed by atoms with Crippen LogP contribution in [0.1, 0.15) is 47.9 Å². The Hall–Kier alpha value is -8.76. The van der Waals surface area contributed by atoms with Crippen molar-refractivity contribution in [1.29, 1.82) is 0 Å². The Balaban J connectivity index is 0.892. The minimum Gasteiger partial charge on any atom is -0.497 e. The van der Waals surface area contributed by atoms with Crippen molar-refractivity contribution < 1.29 is 9.47 Å². The standard InChI is InChI=1S/C73H19NO2/c1-75-12-6-8-13(9-7-12)76-11-5-3-2-4-10-74-72-68-61-54-42-34-25-16-14-15-17-20(16)29-36(34)44-45-37(29)35-26(17)28-24-19(15)22-21-18(14)23-27(25)40(42)48-46-32(23)30(21)38-39-31(22)33(24)47-49-41(28)43(35)55-57(45)66(65(68)56(44)54)69-62(55)60(49)64-53(47)51(39)58-50(38)52(46)63(59(48)61)70(72)67(58)71(64)73(69,72)74/h6-9H,2-5,10-11H2,1H3. The van der Waals surface area contributed by atoms with E-state index in [2.05, 4.69) is 4.90 Å². The van der Waals surface area contributed by atoms with Crippen LogP contribution in [0.25, 0.3) is 291 Å². The van der Waals surface area contributed by atoms with Crippen LogP contribution >= 0.6 is 0 Å². The Morgan fingerprint density at radius 1 is 0.250 bits per heavy atom. The van der Waals surface area contributed by atoms with E-state index in [1.54, 1.807) is 320 Å². The summed E-state index contributed by atoms with van der Waals surface area (Å²) in [6.07, 6.45) is 4.68. The molecule has 3 nitrogen and oxygen atoms in total. The fraction of sp³-hybridized carbons (Fsp3) is 0.123. The van der Waals surface area contributed by atoms with Gasteiger partial charge in [-0.2, -0.15) is 0 Å². The van der Waals surface area contributed by atoms with Gasteiger partial charge in [0.2, 0.25) is 0 Å². The number of ether oxygens (including phenoxy) is 2. The molecule has 3 heteroatoms. The van der Waals surface area contributed by atoms with Gasteiger partial charge in [0, 0.05) is 6.54 Å². The van der Waals surface area contributed by atoms with Crippen molar-refractivity contribution in [2.24, 2.45) is 0 Å². The SMILES string of the molecule is COc1ccc(OCCCCCCN2C34c5c6c7c8c9c%10c(c%11c%12c3c3c%13c5c5c%14c6c6c8c8c9c9c%15c%10c%11c%10c%11c%12c3c3c%12c%13c5c5c%13c%14c6c6c8c8c9c9c%15c%10c%10c%11c3c3c%12c5c5c%13c6c8c6c9c%10c3c56)C724)cc1. The molecule has 1 fully saturated rings. The average molecular weight is 942 g/mol. The first-order valence-corrected chi connectivity index (χ1v) is 28.7. The molecular weight excluding hydrogens is 923 g/mol. The topological polar surface area (TPSA) is 21.5 Å². The molecule has 4 aliphatic carbocycles. The van der Waals surface area contributed by atoms with Gasteiger partial charge in [0.1, 0.15) is 22.6 Å². The lowest BCUT2D eigenvalue weighted by atomic mass is 9.69. The van der Waals surface area contributed by atoms with Crippen molar-refractivity contribution in [3.63, 3.8) is 0 Å². The van der Waals surface area contributed by atoms with Gasteiger partial charge in [-0.3, -0.25) is 4.90 Å². The zero-order chi connectivity index (χ0) is 45.7. The number of hydrogen-bond acceptors (Lipinski definition) is 3. The molecule has 0 bridgehead atoms. The van der Waals surface area contributed by atoms with E-state index in [4.69, 9.17) is 9.47 Å². The highest BCUT2D eigenvalue weighted by molar-refractivity contribution is 6.82. The quantitative estimate of drug-likeness (QED) is 0.0818. The highest BCUT2D eigenvalue weighted by atomic mass is 16.5. The molecular formula is C73H19NO2. The van der Waals surface area contributed by atoms with Crippen molar-refractivity contribution in [2.45, 2.75) is 36.8 Å². The van der Waals surface area contributed by atoms with Crippen LogP contribution in [0.4, 0.5) is 0 Å². The lowest BCUT2D eigenvalue weighted by Crippen LogP contribution is -2.25. The Bertz CT molecular complexity index is 7260. The van der Waals surface area contributed by atoms with Crippen molar-refractivity contribution in [2.75, 3.05) is 20.3 Å². The summed E-state index contributed by atoms with van der Waals surface area (Å²) in [6.45, 7) is 1.88. The zero-order valence-electron chi connectivity index (χ0n) is 39.8. The zero-order valence-corrected chi connectivity index (χ0v) is 39.8. The molecule has 34 rings (SSSR count). The van der Waals surface area contributed by atoms with Crippen molar-refractivity contribution in [1.82, 2.24) is 4.90 Å². The van der Waals surface area contributed by atoms with Crippen LogP contribution < -0.4 is 9.47 Å². The highest BCUT2D eigenvalue weighted by Gasteiger charge is 2.86. The van der Waals surface area contributed by atoms with Crippen LogP contribution in [0.15, 0.2) is 24.3 Å². The van der Waals surface area contributed by atoms with E-state index in [-0.39, 0.29) is 11.1 Å². The molecule has 0 N–H and O–H groups in total. The third-order valence-corrected chi connectivity index (χ3v) is 26.6. The summed E-state index contributed by atoms with van der Waals surface area (Å²) in [5.74, 6) is 1.81. The van der Waals surface area contributed by atoms with Gasteiger partial charge in [0.25, 0.3) is 0 Å². The molecule has 2 unspecified atom stereocenters. The van der Waals surface area contributed by atoms with Gasteiger partial charge >= 0.3 is 0 Å². The average Bonchev–Trinajstić information content (AvgIpc) is 4.43. The first-order valence-electron chi connectivity index (χ1n) is 28.7. The largest absolute Gasteiger partial charge is 0.497 e. The minimum absolute atomic E-state index is 0.212. The molecule has 29 aromatic rings. The summed E-state index contributed by atoms with van der Waals surface area (Å²) in [5, 5.41) is 90.6. The van der Waals surface area contributed by atoms with Crippen LogP contribution in [0, 0.1) is 0 Å². The fourth-order valence-electron chi connectivity index (χ4n) is 26.1. The first-order chi connectivity index (χ1) is 37.9. The summed E-state index contributed by atoms with van der Waals surface area (Å²) in [6, 6.07) is 8.11. The molecule has 2 atom stereocenters. The summed E-state index contributed by atoms with van der Waals surface area (Å²) >= 11 is 0. The van der Waals surface area contributed by atoms with E-state index >= 15 is 0 Å². The van der Waals surface area contributed by atoms with Crippen LogP contribution in [0.5, 0.6) is 11.5 Å². The molecule has 328 valence electrons. The van der Waals surface area contributed by atoms with Crippen molar-refractivity contribution in [3.05, 3.63) is 46.5 Å². The minimum atomic E-state index is -0.212. The number of benzene rings is 18. The van der Waals surface area contributed by atoms with Gasteiger partial charge in [0.15, 0.2) is 0 Å².